The molecule has 7 nitrogen and oxygen atoms in total. The molecular weight excluding hydrogens is 362 g/mol. The fraction of sp³-hybridized carbons (Fsp3) is 0.632. The van der Waals surface area contributed by atoms with Gasteiger partial charge in [0.2, 0.25) is 11.9 Å². The minimum atomic E-state index is 0.201. The van der Waals surface area contributed by atoms with Gasteiger partial charge in [0.1, 0.15) is 5.76 Å². The number of piperidine rings is 2. The lowest BCUT2D eigenvalue weighted by Crippen LogP contribution is -2.36. The molecule has 2 fully saturated rings. The van der Waals surface area contributed by atoms with Crippen molar-refractivity contribution in [3.63, 3.8) is 0 Å². The van der Waals surface area contributed by atoms with Crippen molar-refractivity contribution in [3.05, 3.63) is 24.2 Å². The molecule has 4 rings (SSSR count). The molecule has 2 saturated heterocycles. The highest BCUT2D eigenvalue weighted by atomic mass is 32.2. The first-order chi connectivity index (χ1) is 13.3. The number of hydrogen-bond donors (Lipinski definition) is 0. The highest BCUT2D eigenvalue weighted by Gasteiger charge is 2.23. The molecule has 2 aromatic rings. The van der Waals surface area contributed by atoms with Crippen LogP contribution in [0.4, 0.5) is 5.95 Å². The lowest BCUT2D eigenvalue weighted by molar-refractivity contribution is -0.129. The van der Waals surface area contributed by atoms with Gasteiger partial charge in [-0.2, -0.15) is 0 Å². The molecule has 2 aliphatic rings. The minimum absolute atomic E-state index is 0.201. The number of carbonyl (C=O) groups excluding carboxylic acids is 1. The number of rotatable bonds is 6. The second kappa shape index (κ2) is 8.82. The van der Waals surface area contributed by atoms with Crippen molar-refractivity contribution in [2.24, 2.45) is 0 Å². The second-order valence-electron chi connectivity index (χ2n) is 7.23. The maximum absolute atomic E-state index is 12.5. The van der Waals surface area contributed by atoms with E-state index >= 15 is 0 Å². The second-order valence-corrected chi connectivity index (χ2v) is 8.17. The van der Waals surface area contributed by atoms with E-state index in [-0.39, 0.29) is 5.91 Å². The molecular formula is C19H27N5O2S. The summed E-state index contributed by atoms with van der Waals surface area (Å²) in [6.45, 7) is 4.38. The highest BCUT2D eigenvalue weighted by molar-refractivity contribution is 7.99. The summed E-state index contributed by atoms with van der Waals surface area (Å²) in [6.07, 6.45) is 8.79. The maximum Gasteiger partial charge on any atom is 0.233 e. The number of aromatic nitrogens is 3. The van der Waals surface area contributed by atoms with Crippen molar-refractivity contribution in [3.8, 4) is 0 Å². The van der Waals surface area contributed by atoms with E-state index in [2.05, 4.69) is 19.7 Å². The molecule has 0 bridgehead atoms. The molecule has 1 amide bonds. The Bertz CT molecular complexity index is 733. The smallest absolute Gasteiger partial charge is 0.233 e. The summed E-state index contributed by atoms with van der Waals surface area (Å²) in [4.78, 5) is 16.8. The van der Waals surface area contributed by atoms with Crippen molar-refractivity contribution in [2.75, 3.05) is 36.8 Å². The van der Waals surface area contributed by atoms with E-state index in [1.165, 1.54) is 37.4 Å². The molecule has 146 valence electrons. The Kier molecular flexibility index (Phi) is 6.01. The van der Waals surface area contributed by atoms with Gasteiger partial charge in [0.05, 0.1) is 18.6 Å². The van der Waals surface area contributed by atoms with Crippen LogP contribution in [-0.4, -0.2) is 57.5 Å². The van der Waals surface area contributed by atoms with Crippen molar-refractivity contribution in [2.45, 2.75) is 50.2 Å². The van der Waals surface area contributed by atoms with Gasteiger partial charge in [-0.05, 0) is 50.7 Å². The van der Waals surface area contributed by atoms with Gasteiger partial charge in [0.15, 0.2) is 5.16 Å². The van der Waals surface area contributed by atoms with Crippen LogP contribution in [-0.2, 0) is 11.3 Å². The van der Waals surface area contributed by atoms with E-state index in [1.54, 1.807) is 6.26 Å². The van der Waals surface area contributed by atoms with E-state index in [1.807, 2.05) is 17.0 Å². The molecule has 27 heavy (non-hydrogen) atoms. The average Bonchev–Trinajstić information content (AvgIpc) is 3.38. The van der Waals surface area contributed by atoms with E-state index in [9.17, 15) is 4.79 Å². The zero-order valence-electron chi connectivity index (χ0n) is 15.7. The van der Waals surface area contributed by atoms with Gasteiger partial charge in [-0.25, -0.2) is 0 Å². The standard InChI is InChI=1S/C19H27N5O2S/c25-17(22-9-3-1-4-10-22)15-27-19-21-20-18(23-11-5-2-6-12-23)24(19)14-16-8-7-13-26-16/h7-8,13H,1-6,9-12,14-15H2. The third-order valence-corrected chi connectivity index (χ3v) is 6.22. The Morgan fingerprint density at radius 2 is 1.78 bits per heavy atom. The number of amides is 1. The van der Waals surface area contributed by atoms with Crippen molar-refractivity contribution >= 4 is 23.6 Å². The van der Waals surface area contributed by atoms with Crippen molar-refractivity contribution in [1.29, 1.82) is 0 Å². The van der Waals surface area contributed by atoms with E-state index in [4.69, 9.17) is 4.42 Å². The van der Waals surface area contributed by atoms with E-state index in [0.29, 0.717) is 12.3 Å². The van der Waals surface area contributed by atoms with Gasteiger partial charge >= 0.3 is 0 Å². The Morgan fingerprint density at radius 1 is 1.04 bits per heavy atom. The average molecular weight is 390 g/mol. The number of thioether (sulfide) groups is 1. The number of nitrogens with zero attached hydrogens (tertiary/aromatic N) is 5. The molecule has 2 aromatic heterocycles. The zero-order valence-corrected chi connectivity index (χ0v) is 16.5. The number of furan rings is 1. The Hall–Kier alpha value is -1.96. The van der Waals surface area contributed by atoms with Crippen LogP contribution in [0.3, 0.4) is 0 Å². The molecule has 0 N–H and O–H groups in total. The summed E-state index contributed by atoms with van der Waals surface area (Å²) in [5, 5.41) is 9.66. The molecule has 0 aromatic carbocycles. The molecule has 0 saturated carbocycles. The van der Waals surface area contributed by atoms with Crippen LogP contribution in [0.2, 0.25) is 0 Å². The molecule has 0 spiro atoms. The third-order valence-electron chi connectivity index (χ3n) is 5.26. The number of hydrogen-bond acceptors (Lipinski definition) is 6. The van der Waals surface area contributed by atoms with Gasteiger partial charge in [-0.3, -0.25) is 9.36 Å². The summed E-state index contributed by atoms with van der Waals surface area (Å²) in [5.41, 5.74) is 0. The van der Waals surface area contributed by atoms with Gasteiger partial charge in [-0.1, -0.05) is 11.8 Å². The van der Waals surface area contributed by atoms with Gasteiger partial charge in [0, 0.05) is 26.2 Å². The van der Waals surface area contributed by atoms with E-state index < -0.39 is 0 Å². The summed E-state index contributed by atoms with van der Waals surface area (Å²) >= 11 is 1.49. The number of carbonyl (C=O) groups is 1. The summed E-state index contributed by atoms with van der Waals surface area (Å²) in [7, 11) is 0. The SMILES string of the molecule is O=C(CSc1nnc(N2CCCCC2)n1Cc1ccco1)N1CCCCC1. The summed E-state index contributed by atoms with van der Waals surface area (Å²) < 4.78 is 7.64. The summed E-state index contributed by atoms with van der Waals surface area (Å²) in [6, 6.07) is 3.86. The normalized spacial score (nSPS) is 18.1. The molecule has 4 heterocycles. The van der Waals surface area contributed by atoms with Crippen LogP contribution < -0.4 is 4.90 Å². The Balaban J connectivity index is 1.48. The topological polar surface area (TPSA) is 67.4 Å². The quantitative estimate of drug-likeness (QED) is 0.708. The molecule has 0 radical (unpaired) electrons. The summed E-state index contributed by atoms with van der Waals surface area (Å²) in [5.74, 6) is 2.37. The minimum Gasteiger partial charge on any atom is -0.467 e. The van der Waals surface area contributed by atoms with Crippen LogP contribution in [0.1, 0.15) is 44.3 Å². The van der Waals surface area contributed by atoms with Crippen LogP contribution in [0.5, 0.6) is 0 Å². The molecule has 2 aliphatic heterocycles. The van der Waals surface area contributed by atoms with Crippen LogP contribution >= 0.6 is 11.8 Å². The lowest BCUT2D eigenvalue weighted by Gasteiger charge is -2.28. The number of anilines is 1. The predicted molar refractivity (Wildman–Crippen MR) is 105 cm³/mol. The first-order valence-electron chi connectivity index (χ1n) is 9.92. The molecule has 0 atom stereocenters. The number of likely N-dealkylation sites (tertiary alicyclic amines) is 1. The Labute approximate surface area is 164 Å². The van der Waals surface area contributed by atoms with Gasteiger partial charge in [0.25, 0.3) is 0 Å². The van der Waals surface area contributed by atoms with Crippen molar-refractivity contribution < 1.29 is 9.21 Å². The Morgan fingerprint density at radius 3 is 2.48 bits per heavy atom. The molecule has 0 unspecified atom stereocenters. The first kappa shape index (κ1) is 18.4. The van der Waals surface area contributed by atoms with Crippen LogP contribution in [0.25, 0.3) is 0 Å². The predicted octanol–water partition coefficient (Wildman–Crippen LogP) is 3.01. The van der Waals surface area contributed by atoms with Crippen LogP contribution in [0, 0.1) is 0 Å². The largest absolute Gasteiger partial charge is 0.467 e. The highest BCUT2D eigenvalue weighted by Crippen LogP contribution is 2.26. The zero-order chi connectivity index (χ0) is 18.5. The first-order valence-corrected chi connectivity index (χ1v) is 10.9. The third kappa shape index (κ3) is 4.48. The fourth-order valence-corrected chi connectivity index (χ4v) is 4.61. The molecule has 0 aliphatic carbocycles. The van der Waals surface area contributed by atoms with E-state index in [0.717, 1.165) is 55.9 Å². The monoisotopic (exact) mass is 389 g/mol. The van der Waals surface area contributed by atoms with Gasteiger partial charge in [-0.15, -0.1) is 10.2 Å². The fourth-order valence-electron chi connectivity index (χ4n) is 3.77. The molecule has 8 heteroatoms. The lowest BCUT2D eigenvalue weighted by atomic mass is 10.1. The maximum atomic E-state index is 12.5. The van der Waals surface area contributed by atoms with Crippen molar-refractivity contribution in [1.82, 2.24) is 19.7 Å². The van der Waals surface area contributed by atoms with Crippen LogP contribution in [0.15, 0.2) is 28.0 Å². The van der Waals surface area contributed by atoms with Gasteiger partial charge < -0.3 is 14.2 Å².